The highest BCUT2D eigenvalue weighted by Crippen LogP contribution is 2.25. The normalized spacial score (nSPS) is 10.7. The van der Waals surface area contributed by atoms with Crippen molar-refractivity contribution < 1.29 is 4.39 Å². The summed E-state index contributed by atoms with van der Waals surface area (Å²) in [6.07, 6.45) is 0. The molecule has 106 valence electrons. The molecular formula is C14H12FN5S. The third-order valence-corrected chi connectivity index (χ3v) is 3.88. The van der Waals surface area contributed by atoms with Crippen LogP contribution in [0.5, 0.6) is 0 Å². The molecule has 0 atom stereocenters. The summed E-state index contributed by atoms with van der Waals surface area (Å²) in [5.41, 5.74) is 7.10. The van der Waals surface area contributed by atoms with Crippen LogP contribution < -0.4 is 5.73 Å². The van der Waals surface area contributed by atoms with E-state index in [-0.39, 0.29) is 11.5 Å². The van der Waals surface area contributed by atoms with Gasteiger partial charge in [0.05, 0.1) is 11.4 Å². The van der Waals surface area contributed by atoms with Crippen molar-refractivity contribution in [2.24, 2.45) is 0 Å². The predicted molar refractivity (Wildman–Crippen MR) is 79.5 cm³/mol. The molecule has 0 aliphatic rings. The number of halogens is 1. The Labute approximate surface area is 125 Å². The summed E-state index contributed by atoms with van der Waals surface area (Å²) >= 11 is 1.36. The monoisotopic (exact) mass is 301 g/mol. The predicted octanol–water partition coefficient (Wildman–Crippen LogP) is 2.68. The average molecular weight is 301 g/mol. The lowest BCUT2D eigenvalue weighted by molar-refractivity contribution is 0.622. The Balaban J connectivity index is 1.81. The lowest BCUT2D eigenvalue weighted by Gasteiger charge is -2.06. The van der Waals surface area contributed by atoms with Crippen LogP contribution in [-0.4, -0.2) is 20.2 Å². The van der Waals surface area contributed by atoms with Crippen LogP contribution in [0.1, 0.15) is 5.56 Å². The average Bonchev–Trinajstić information content (AvgIpc) is 2.98. The van der Waals surface area contributed by atoms with Crippen LogP contribution in [0.4, 0.5) is 10.1 Å². The number of aromatic nitrogens is 4. The molecule has 7 heteroatoms. The smallest absolute Gasteiger partial charge is 0.214 e. The minimum atomic E-state index is -0.385. The van der Waals surface area contributed by atoms with E-state index in [4.69, 9.17) is 5.73 Å². The van der Waals surface area contributed by atoms with Gasteiger partial charge in [0.25, 0.3) is 0 Å². The molecule has 0 saturated heterocycles. The number of thioether (sulfide) groups is 1. The summed E-state index contributed by atoms with van der Waals surface area (Å²) in [7, 11) is 0. The Morgan fingerprint density at radius 1 is 1.10 bits per heavy atom. The van der Waals surface area contributed by atoms with E-state index in [2.05, 4.69) is 15.5 Å². The van der Waals surface area contributed by atoms with E-state index >= 15 is 0 Å². The topological polar surface area (TPSA) is 69.6 Å². The van der Waals surface area contributed by atoms with Gasteiger partial charge in [0.2, 0.25) is 5.16 Å². The number of nitrogens with zero attached hydrogens (tertiary/aromatic N) is 4. The minimum Gasteiger partial charge on any atom is -0.396 e. The molecule has 2 aromatic carbocycles. The minimum absolute atomic E-state index is 0.149. The quantitative estimate of drug-likeness (QED) is 0.592. The van der Waals surface area contributed by atoms with Crippen molar-refractivity contribution in [1.29, 1.82) is 0 Å². The second kappa shape index (κ2) is 5.92. The fraction of sp³-hybridized carbons (Fsp3) is 0.0714. The summed E-state index contributed by atoms with van der Waals surface area (Å²) in [5, 5.41) is 12.2. The van der Waals surface area contributed by atoms with Gasteiger partial charge in [-0.25, -0.2) is 4.39 Å². The highest BCUT2D eigenvalue weighted by molar-refractivity contribution is 7.98. The zero-order valence-corrected chi connectivity index (χ0v) is 11.8. The van der Waals surface area contributed by atoms with Gasteiger partial charge in [0.15, 0.2) is 0 Å². The van der Waals surface area contributed by atoms with Crippen molar-refractivity contribution in [2.45, 2.75) is 10.9 Å². The van der Waals surface area contributed by atoms with E-state index in [0.29, 0.717) is 16.5 Å². The number of hydrogen-bond donors (Lipinski definition) is 1. The standard InChI is InChI=1S/C14H12FN5S/c15-13-10(5-4-8-12(13)16)9-21-14-17-18-19-20(14)11-6-2-1-3-7-11/h1-8H,9,16H2. The fourth-order valence-electron chi connectivity index (χ4n) is 1.85. The van der Waals surface area contributed by atoms with Crippen molar-refractivity contribution in [1.82, 2.24) is 20.2 Å². The molecule has 1 heterocycles. The number of nitrogens with two attached hydrogens (primary N) is 1. The number of benzene rings is 2. The highest BCUT2D eigenvalue weighted by atomic mass is 32.2. The Morgan fingerprint density at radius 3 is 2.71 bits per heavy atom. The Hall–Kier alpha value is -2.41. The first kappa shape index (κ1) is 13.6. The molecule has 1 aromatic heterocycles. The summed E-state index contributed by atoms with van der Waals surface area (Å²) < 4.78 is 15.5. The van der Waals surface area contributed by atoms with Gasteiger partial charge in [-0.05, 0) is 28.6 Å². The molecule has 0 aliphatic heterocycles. The number of para-hydroxylation sites is 1. The van der Waals surface area contributed by atoms with Crippen molar-refractivity contribution >= 4 is 17.4 Å². The Kier molecular flexibility index (Phi) is 3.83. The summed E-state index contributed by atoms with van der Waals surface area (Å²) in [5.74, 6) is 0.0214. The maximum atomic E-state index is 13.9. The van der Waals surface area contributed by atoms with Gasteiger partial charge >= 0.3 is 0 Å². The summed E-state index contributed by atoms with van der Waals surface area (Å²) in [4.78, 5) is 0. The fourth-order valence-corrected chi connectivity index (χ4v) is 2.72. The number of anilines is 1. The van der Waals surface area contributed by atoms with Crippen molar-refractivity contribution in [3.63, 3.8) is 0 Å². The molecule has 0 spiro atoms. The first-order valence-corrected chi connectivity index (χ1v) is 7.24. The molecule has 0 aliphatic carbocycles. The first-order chi connectivity index (χ1) is 10.3. The van der Waals surface area contributed by atoms with Gasteiger partial charge in [-0.2, -0.15) is 4.68 Å². The molecular weight excluding hydrogens is 289 g/mol. The third-order valence-electron chi connectivity index (χ3n) is 2.91. The molecule has 5 nitrogen and oxygen atoms in total. The molecule has 0 bridgehead atoms. The first-order valence-electron chi connectivity index (χ1n) is 6.25. The van der Waals surface area contributed by atoms with Crippen LogP contribution in [-0.2, 0) is 5.75 Å². The molecule has 3 aromatic rings. The number of tetrazole rings is 1. The van der Waals surface area contributed by atoms with Crippen LogP contribution in [0.15, 0.2) is 53.7 Å². The van der Waals surface area contributed by atoms with E-state index in [1.807, 2.05) is 30.3 Å². The Morgan fingerprint density at radius 2 is 1.90 bits per heavy atom. The zero-order valence-electron chi connectivity index (χ0n) is 11.0. The number of nitrogen functional groups attached to an aromatic ring is 1. The van der Waals surface area contributed by atoms with Gasteiger partial charge in [0.1, 0.15) is 5.82 Å². The largest absolute Gasteiger partial charge is 0.396 e. The molecule has 2 N–H and O–H groups in total. The van der Waals surface area contributed by atoms with Crippen molar-refractivity contribution in [2.75, 3.05) is 5.73 Å². The summed E-state index contributed by atoms with van der Waals surface area (Å²) in [6.45, 7) is 0. The maximum Gasteiger partial charge on any atom is 0.214 e. The van der Waals surface area contributed by atoms with Gasteiger partial charge in [-0.15, -0.1) is 5.10 Å². The van der Waals surface area contributed by atoms with E-state index in [0.717, 1.165) is 5.69 Å². The van der Waals surface area contributed by atoms with Gasteiger partial charge in [0, 0.05) is 11.3 Å². The van der Waals surface area contributed by atoms with E-state index < -0.39 is 0 Å². The highest BCUT2D eigenvalue weighted by Gasteiger charge is 2.11. The van der Waals surface area contributed by atoms with Crippen LogP contribution in [0.25, 0.3) is 5.69 Å². The molecule has 0 saturated carbocycles. The van der Waals surface area contributed by atoms with E-state index in [1.165, 1.54) is 17.8 Å². The van der Waals surface area contributed by atoms with Crippen molar-refractivity contribution in [3.05, 3.63) is 59.9 Å². The van der Waals surface area contributed by atoms with E-state index in [9.17, 15) is 4.39 Å². The zero-order chi connectivity index (χ0) is 14.7. The summed E-state index contributed by atoms with van der Waals surface area (Å²) in [6, 6.07) is 14.5. The molecule has 21 heavy (non-hydrogen) atoms. The molecule has 3 rings (SSSR count). The molecule has 0 radical (unpaired) electrons. The van der Waals surface area contributed by atoms with Crippen molar-refractivity contribution in [3.8, 4) is 5.69 Å². The van der Waals surface area contributed by atoms with E-state index in [1.54, 1.807) is 16.8 Å². The second-order valence-corrected chi connectivity index (χ2v) is 5.26. The lowest BCUT2D eigenvalue weighted by Crippen LogP contribution is -1.99. The maximum absolute atomic E-state index is 13.9. The van der Waals surface area contributed by atoms with Gasteiger partial charge in [-0.1, -0.05) is 42.1 Å². The SMILES string of the molecule is Nc1cccc(CSc2nnnn2-c2ccccc2)c1F. The van der Waals surface area contributed by atoms with Crippen LogP contribution in [0.3, 0.4) is 0 Å². The van der Waals surface area contributed by atoms with Crippen LogP contribution in [0.2, 0.25) is 0 Å². The second-order valence-electron chi connectivity index (χ2n) is 4.32. The number of rotatable bonds is 4. The molecule has 0 unspecified atom stereocenters. The molecule has 0 fully saturated rings. The lowest BCUT2D eigenvalue weighted by atomic mass is 10.2. The number of hydrogen-bond acceptors (Lipinski definition) is 5. The molecule has 0 amide bonds. The Bertz CT molecular complexity index is 744. The van der Waals surface area contributed by atoms with Crippen LogP contribution >= 0.6 is 11.8 Å². The van der Waals surface area contributed by atoms with Crippen LogP contribution in [0, 0.1) is 5.82 Å². The van der Waals surface area contributed by atoms with Gasteiger partial charge in [-0.3, -0.25) is 0 Å². The van der Waals surface area contributed by atoms with Gasteiger partial charge < -0.3 is 5.73 Å². The third kappa shape index (κ3) is 2.87.